The number of methoxy groups -OCH3 is 1. The Balaban J connectivity index is 1.72. The number of fused-ring (bicyclic) bond motifs is 3. The molecule has 0 spiro atoms. The predicted octanol–water partition coefficient (Wildman–Crippen LogP) is 1.38. The van der Waals surface area contributed by atoms with Crippen LogP contribution in [0, 0.1) is 0 Å². The van der Waals surface area contributed by atoms with Gasteiger partial charge in [-0.15, -0.1) is 0 Å². The molecule has 0 saturated carbocycles. The van der Waals surface area contributed by atoms with Gasteiger partial charge in [-0.1, -0.05) is 6.58 Å². The van der Waals surface area contributed by atoms with Crippen molar-refractivity contribution in [2.75, 3.05) is 19.5 Å². The van der Waals surface area contributed by atoms with Crippen LogP contribution in [-0.2, 0) is 21.3 Å². The summed E-state index contributed by atoms with van der Waals surface area (Å²) in [6, 6.07) is 1.95. The van der Waals surface area contributed by atoms with Crippen molar-refractivity contribution >= 4 is 32.1 Å². The second-order valence-electron chi connectivity index (χ2n) is 5.44. The monoisotopic (exact) mass is 349 g/mol. The second-order valence-corrected chi connectivity index (χ2v) is 7.28. The van der Waals surface area contributed by atoms with Crippen molar-refractivity contribution in [3.63, 3.8) is 0 Å². The highest BCUT2D eigenvalue weighted by Gasteiger charge is 2.12. The molecule has 3 aromatic rings. The van der Waals surface area contributed by atoms with Gasteiger partial charge in [-0.05, 0) is 6.07 Å². The first-order valence-electron chi connectivity index (χ1n) is 7.44. The topological polar surface area (TPSA) is 102 Å². The largest absolute Gasteiger partial charge is 0.384 e. The third-order valence-corrected chi connectivity index (χ3v) is 4.98. The van der Waals surface area contributed by atoms with Gasteiger partial charge in [0.25, 0.3) is 0 Å². The molecule has 3 heterocycles. The van der Waals surface area contributed by atoms with Crippen molar-refractivity contribution in [1.82, 2.24) is 24.2 Å². The van der Waals surface area contributed by atoms with Crippen molar-refractivity contribution in [2.24, 2.45) is 0 Å². The number of H-pyrrole nitrogens is 1. The molecule has 24 heavy (non-hydrogen) atoms. The van der Waals surface area contributed by atoms with E-state index < -0.39 is 10.0 Å². The Kier molecular flexibility index (Phi) is 4.54. The van der Waals surface area contributed by atoms with E-state index in [0.29, 0.717) is 18.7 Å². The number of nitrogens with one attached hydrogen (secondary N) is 2. The van der Waals surface area contributed by atoms with Gasteiger partial charge < -0.3 is 14.3 Å². The fourth-order valence-electron chi connectivity index (χ4n) is 2.51. The van der Waals surface area contributed by atoms with Gasteiger partial charge >= 0.3 is 0 Å². The van der Waals surface area contributed by atoms with E-state index in [1.807, 2.05) is 16.8 Å². The summed E-state index contributed by atoms with van der Waals surface area (Å²) in [5.41, 5.74) is 3.00. The molecule has 128 valence electrons. The fourth-order valence-corrected chi connectivity index (χ4v) is 3.54. The number of nitrogens with zero attached hydrogens (tertiary/aromatic N) is 3. The van der Waals surface area contributed by atoms with Gasteiger partial charge in [0.1, 0.15) is 11.2 Å². The van der Waals surface area contributed by atoms with Crippen LogP contribution < -0.4 is 4.72 Å². The molecular formula is C15H19N5O3S. The number of hydrogen-bond donors (Lipinski definition) is 2. The first-order valence-corrected chi connectivity index (χ1v) is 9.09. The van der Waals surface area contributed by atoms with Crippen molar-refractivity contribution in [2.45, 2.75) is 13.0 Å². The second kappa shape index (κ2) is 6.62. The quantitative estimate of drug-likeness (QED) is 0.640. The van der Waals surface area contributed by atoms with E-state index >= 15 is 0 Å². The smallest absolute Gasteiger partial charge is 0.234 e. The fraction of sp³-hybridized carbons (Fsp3) is 0.333. The van der Waals surface area contributed by atoms with Crippen molar-refractivity contribution in [3.8, 4) is 0 Å². The van der Waals surface area contributed by atoms with Crippen LogP contribution in [0.4, 0.5) is 0 Å². The lowest BCUT2D eigenvalue weighted by molar-refractivity contribution is 0.217. The minimum atomic E-state index is -3.42. The zero-order valence-corrected chi connectivity index (χ0v) is 14.1. The molecule has 0 saturated heterocycles. The summed E-state index contributed by atoms with van der Waals surface area (Å²) < 4.78 is 32.9. The van der Waals surface area contributed by atoms with E-state index in [9.17, 15) is 8.42 Å². The molecule has 0 aliphatic carbocycles. The summed E-state index contributed by atoms with van der Waals surface area (Å²) in [6.45, 7) is 4.50. The number of pyridine rings is 1. The predicted molar refractivity (Wildman–Crippen MR) is 91.9 cm³/mol. The Hall–Kier alpha value is -2.39. The zero-order chi connectivity index (χ0) is 17.2. The van der Waals surface area contributed by atoms with Gasteiger partial charge in [0.15, 0.2) is 0 Å². The molecule has 2 N–H and O–H groups in total. The maximum Gasteiger partial charge on any atom is 0.234 e. The molecule has 0 radical (unpaired) electrons. The summed E-state index contributed by atoms with van der Waals surface area (Å²) in [7, 11) is -1.95. The third-order valence-electron chi connectivity index (χ3n) is 3.67. The first-order chi connectivity index (χ1) is 11.5. The molecule has 0 aliphatic heterocycles. The molecule has 0 atom stereocenters. The van der Waals surface area contributed by atoms with E-state index in [1.54, 1.807) is 12.5 Å². The standard InChI is InChI=1S/C15H19N5O3S/c1-11(19-24(21,22)8-7-23-2)4-6-20-10-18-13-9-17-15-12(14(13)20)3-5-16-15/h3,5,9-10,19H,1,4,6-8H2,2H3,(H,16,17). The first kappa shape index (κ1) is 16.5. The number of sulfonamides is 1. The van der Waals surface area contributed by atoms with Gasteiger partial charge in [0.05, 0.1) is 30.4 Å². The molecular weight excluding hydrogens is 330 g/mol. The van der Waals surface area contributed by atoms with E-state index in [4.69, 9.17) is 4.74 Å². The molecule has 0 aliphatic rings. The molecule has 3 aromatic heterocycles. The number of aromatic nitrogens is 4. The minimum absolute atomic E-state index is 0.0911. The van der Waals surface area contributed by atoms with Crippen LogP contribution in [0.25, 0.3) is 22.1 Å². The number of ether oxygens (including phenoxy) is 1. The van der Waals surface area contributed by atoms with E-state index in [0.717, 1.165) is 22.1 Å². The van der Waals surface area contributed by atoms with Crippen molar-refractivity contribution in [1.29, 1.82) is 0 Å². The molecule has 8 nitrogen and oxygen atoms in total. The number of imidazole rings is 1. The van der Waals surface area contributed by atoms with Crippen LogP contribution in [0.2, 0.25) is 0 Å². The minimum Gasteiger partial charge on any atom is -0.384 e. The molecule has 0 aromatic carbocycles. The molecule has 0 amide bonds. The highest BCUT2D eigenvalue weighted by atomic mass is 32.2. The number of rotatable bonds is 8. The SMILES string of the molecule is C=C(CCn1cnc2cnc3[nH]ccc3c21)NS(=O)(=O)CCOC. The molecule has 0 unspecified atom stereocenters. The van der Waals surface area contributed by atoms with Gasteiger partial charge in [-0.3, -0.25) is 4.72 Å². The maximum absolute atomic E-state index is 11.8. The van der Waals surface area contributed by atoms with Gasteiger partial charge in [0, 0.05) is 37.4 Å². The van der Waals surface area contributed by atoms with E-state index in [-0.39, 0.29) is 12.4 Å². The average Bonchev–Trinajstić information content (AvgIpc) is 3.16. The molecule has 0 bridgehead atoms. The Morgan fingerprint density at radius 3 is 3.08 bits per heavy atom. The normalized spacial score (nSPS) is 12.0. The Morgan fingerprint density at radius 2 is 2.29 bits per heavy atom. The number of allylic oxidation sites excluding steroid dienone is 1. The molecule has 3 rings (SSSR count). The summed E-state index contributed by atoms with van der Waals surface area (Å²) in [4.78, 5) is 11.7. The van der Waals surface area contributed by atoms with Crippen LogP contribution in [0.3, 0.4) is 0 Å². The van der Waals surface area contributed by atoms with E-state index in [2.05, 4.69) is 26.3 Å². The lowest BCUT2D eigenvalue weighted by Crippen LogP contribution is -2.27. The number of aryl methyl sites for hydroxylation is 1. The number of hydrogen-bond acceptors (Lipinski definition) is 5. The summed E-state index contributed by atoms with van der Waals surface area (Å²) in [6.07, 6.45) is 5.74. The Bertz CT molecular complexity index is 973. The van der Waals surface area contributed by atoms with Crippen LogP contribution in [-0.4, -0.2) is 47.4 Å². The Morgan fingerprint density at radius 1 is 1.46 bits per heavy atom. The van der Waals surface area contributed by atoms with Gasteiger partial charge in [-0.2, -0.15) is 0 Å². The molecule has 0 fully saturated rings. The number of aromatic amines is 1. The lowest BCUT2D eigenvalue weighted by atomic mass is 10.3. The highest BCUT2D eigenvalue weighted by molar-refractivity contribution is 7.89. The van der Waals surface area contributed by atoms with Crippen LogP contribution >= 0.6 is 0 Å². The van der Waals surface area contributed by atoms with Crippen molar-refractivity contribution < 1.29 is 13.2 Å². The molecule has 9 heteroatoms. The van der Waals surface area contributed by atoms with Crippen LogP contribution in [0.15, 0.2) is 37.1 Å². The average molecular weight is 349 g/mol. The lowest BCUT2D eigenvalue weighted by Gasteiger charge is -2.11. The van der Waals surface area contributed by atoms with Crippen LogP contribution in [0.1, 0.15) is 6.42 Å². The zero-order valence-electron chi connectivity index (χ0n) is 13.3. The van der Waals surface area contributed by atoms with Crippen LogP contribution in [0.5, 0.6) is 0 Å². The third kappa shape index (κ3) is 3.41. The maximum atomic E-state index is 11.8. The summed E-state index contributed by atoms with van der Waals surface area (Å²) in [5.74, 6) is -0.0911. The van der Waals surface area contributed by atoms with Crippen molar-refractivity contribution in [3.05, 3.63) is 37.1 Å². The van der Waals surface area contributed by atoms with E-state index in [1.165, 1.54) is 7.11 Å². The summed E-state index contributed by atoms with van der Waals surface area (Å²) >= 11 is 0. The highest BCUT2D eigenvalue weighted by Crippen LogP contribution is 2.22. The van der Waals surface area contributed by atoms with Gasteiger partial charge in [0.2, 0.25) is 10.0 Å². The summed E-state index contributed by atoms with van der Waals surface area (Å²) in [5, 5.41) is 0.983. The Labute approximate surface area is 139 Å². The van der Waals surface area contributed by atoms with Gasteiger partial charge in [-0.25, -0.2) is 18.4 Å².